The Labute approximate surface area is 142 Å². The van der Waals surface area contributed by atoms with Gasteiger partial charge in [-0.2, -0.15) is 0 Å². The van der Waals surface area contributed by atoms with E-state index in [1.54, 1.807) is 39.2 Å². The summed E-state index contributed by atoms with van der Waals surface area (Å²) in [7, 11) is 0. The van der Waals surface area contributed by atoms with Crippen LogP contribution in [0.4, 0.5) is 0 Å². The standard InChI is InChI=1S/C16H15ClN4OS/c1-3-4-10-23-16-19-18-14-15(22)20(8-9-21(14)16)13-7-5-6-12(17)11(13)2/h3,5-9H,1,4,10H2,2H3. The molecule has 2 aromatic heterocycles. The Morgan fingerprint density at radius 3 is 2.96 bits per heavy atom. The lowest BCUT2D eigenvalue weighted by molar-refractivity contribution is 0.890. The number of benzene rings is 1. The molecule has 0 aliphatic heterocycles. The van der Waals surface area contributed by atoms with Crippen LogP contribution in [0.15, 0.2) is 53.2 Å². The van der Waals surface area contributed by atoms with Crippen LogP contribution in [-0.4, -0.2) is 24.9 Å². The minimum Gasteiger partial charge on any atom is -0.279 e. The summed E-state index contributed by atoms with van der Waals surface area (Å²) in [5.74, 6) is 0.848. The number of fused-ring (bicyclic) bond motifs is 1. The van der Waals surface area contributed by atoms with Crippen LogP contribution in [0.3, 0.4) is 0 Å². The quantitative estimate of drug-likeness (QED) is 0.403. The van der Waals surface area contributed by atoms with E-state index in [2.05, 4.69) is 16.8 Å². The smallest absolute Gasteiger partial charge is 0.279 e. The van der Waals surface area contributed by atoms with Crippen LogP contribution in [0, 0.1) is 6.92 Å². The molecule has 0 atom stereocenters. The van der Waals surface area contributed by atoms with E-state index in [1.807, 2.05) is 25.1 Å². The van der Waals surface area contributed by atoms with E-state index in [4.69, 9.17) is 11.6 Å². The summed E-state index contributed by atoms with van der Waals surface area (Å²) in [6.07, 6.45) is 6.24. The first-order chi connectivity index (χ1) is 11.1. The summed E-state index contributed by atoms with van der Waals surface area (Å²) in [6.45, 7) is 5.58. The van der Waals surface area contributed by atoms with Crippen molar-refractivity contribution in [2.75, 3.05) is 5.75 Å². The van der Waals surface area contributed by atoms with Crippen LogP contribution in [0.25, 0.3) is 11.3 Å². The predicted octanol–water partition coefficient (Wildman–Crippen LogP) is 3.51. The van der Waals surface area contributed by atoms with Gasteiger partial charge in [0.2, 0.25) is 5.65 Å². The van der Waals surface area contributed by atoms with Crippen molar-refractivity contribution in [2.45, 2.75) is 18.5 Å². The summed E-state index contributed by atoms with van der Waals surface area (Å²) < 4.78 is 3.26. The topological polar surface area (TPSA) is 52.2 Å². The number of hydrogen-bond donors (Lipinski definition) is 0. The molecule has 7 heteroatoms. The molecule has 0 fully saturated rings. The summed E-state index contributed by atoms with van der Waals surface area (Å²) in [4.78, 5) is 12.7. The van der Waals surface area contributed by atoms with Crippen molar-refractivity contribution in [3.05, 3.63) is 64.2 Å². The molecule has 0 saturated heterocycles. The summed E-state index contributed by atoms with van der Waals surface area (Å²) in [5, 5.41) is 9.46. The van der Waals surface area contributed by atoms with Crippen LogP contribution in [0.2, 0.25) is 5.02 Å². The predicted molar refractivity (Wildman–Crippen MR) is 93.9 cm³/mol. The number of hydrogen-bond acceptors (Lipinski definition) is 4. The molecule has 0 radical (unpaired) electrons. The minimum absolute atomic E-state index is 0.221. The first-order valence-electron chi connectivity index (χ1n) is 7.09. The Bertz CT molecular complexity index is 931. The summed E-state index contributed by atoms with van der Waals surface area (Å²) in [5.41, 5.74) is 1.67. The molecular weight excluding hydrogens is 332 g/mol. The summed E-state index contributed by atoms with van der Waals surface area (Å²) in [6, 6.07) is 5.48. The van der Waals surface area contributed by atoms with Gasteiger partial charge in [-0.15, -0.1) is 16.8 Å². The van der Waals surface area contributed by atoms with Gasteiger partial charge in [0, 0.05) is 23.2 Å². The molecule has 0 spiro atoms. The van der Waals surface area contributed by atoms with Gasteiger partial charge in [0.1, 0.15) is 0 Å². The van der Waals surface area contributed by atoms with Crippen molar-refractivity contribution in [3.8, 4) is 5.69 Å². The van der Waals surface area contributed by atoms with Crippen LogP contribution < -0.4 is 5.56 Å². The molecule has 0 aliphatic rings. The van der Waals surface area contributed by atoms with Crippen LogP contribution in [-0.2, 0) is 0 Å². The number of thioether (sulfide) groups is 1. The molecule has 0 unspecified atom stereocenters. The van der Waals surface area contributed by atoms with Crippen LogP contribution >= 0.6 is 23.4 Å². The molecule has 0 aliphatic carbocycles. The van der Waals surface area contributed by atoms with Gasteiger partial charge < -0.3 is 0 Å². The lowest BCUT2D eigenvalue weighted by Crippen LogP contribution is -2.21. The second kappa shape index (κ2) is 6.60. The van der Waals surface area contributed by atoms with Crippen LogP contribution in [0.5, 0.6) is 0 Å². The van der Waals surface area contributed by atoms with Gasteiger partial charge in [0.05, 0.1) is 5.69 Å². The Kier molecular flexibility index (Phi) is 4.54. The zero-order valence-corrected chi connectivity index (χ0v) is 14.1. The van der Waals surface area contributed by atoms with Gasteiger partial charge >= 0.3 is 5.56 Å². The lowest BCUT2D eigenvalue weighted by atomic mass is 10.2. The second-order valence-corrected chi connectivity index (χ2v) is 6.43. The fraction of sp³-hybridized carbons (Fsp3) is 0.188. The monoisotopic (exact) mass is 346 g/mol. The van der Waals surface area contributed by atoms with Gasteiger partial charge in [0.15, 0.2) is 5.16 Å². The molecule has 1 aromatic carbocycles. The molecule has 23 heavy (non-hydrogen) atoms. The Morgan fingerprint density at radius 1 is 1.35 bits per heavy atom. The highest BCUT2D eigenvalue weighted by Gasteiger charge is 2.13. The first-order valence-corrected chi connectivity index (χ1v) is 8.45. The van der Waals surface area contributed by atoms with Crippen LogP contribution in [0.1, 0.15) is 12.0 Å². The Balaban J connectivity index is 2.08. The molecule has 5 nitrogen and oxygen atoms in total. The summed E-state index contributed by atoms with van der Waals surface area (Å²) >= 11 is 7.70. The lowest BCUT2D eigenvalue weighted by Gasteiger charge is -2.10. The van der Waals surface area contributed by atoms with Gasteiger partial charge in [0.25, 0.3) is 0 Å². The van der Waals surface area contributed by atoms with E-state index in [9.17, 15) is 4.79 Å². The number of allylic oxidation sites excluding steroid dienone is 1. The fourth-order valence-electron chi connectivity index (χ4n) is 2.24. The van der Waals surface area contributed by atoms with E-state index in [1.165, 1.54) is 0 Å². The van der Waals surface area contributed by atoms with E-state index < -0.39 is 0 Å². The molecule has 0 bridgehead atoms. The molecule has 0 N–H and O–H groups in total. The maximum absolute atomic E-state index is 12.7. The number of halogens is 1. The zero-order valence-electron chi connectivity index (χ0n) is 12.6. The molecule has 118 valence electrons. The highest BCUT2D eigenvalue weighted by Crippen LogP contribution is 2.22. The number of rotatable bonds is 5. The second-order valence-electron chi connectivity index (χ2n) is 4.96. The minimum atomic E-state index is -0.221. The van der Waals surface area contributed by atoms with Crippen molar-refractivity contribution < 1.29 is 0 Å². The van der Waals surface area contributed by atoms with E-state index in [0.29, 0.717) is 15.8 Å². The zero-order chi connectivity index (χ0) is 16.4. The maximum atomic E-state index is 12.7. The maximum Gasteiger partial charge on any atom is 0.300 e. The van der Waals surface area contributed by atoms with Gasteiger partial charge in [-0.3, -0.25) is 13.8 Å². The van der Waals surface area contributed by atoms with E-state index in [0.717, 1.165) is 23.4 Å². The highest BCUT2D eigenvalue weighted by molar-refractivity contribution is 7.99. The van der Waals surface area contributed by atoms with Gasteiger partial charge in [-0.1, -0.05) is 35.5 Å². The average Bonchev–Trinajstić information content (AvgIpc) is 2.95. The third kappa shape index (κ3) is 2.92. The van der Waals surface area contributed by atoms with Crippen molar-refractivity contribution in [2.24, 2.45) is 0 Å². The molecule has 3 rings (SSSR count). The normalized spacial score (nSPS) is 11.0. The molecule has 0 amide bonds. The third-order valence-electron chi connectivity index (χ3n) is 3.49. The Hall–Kier alpha value is -2.05. The number of nitrogens with zero attached hydrogens (tertiary/aromatic N) is 4. The highest BCUT2D eigenvalue weighted by atomic mass is 35.5. The van der Waals surface area contributed by atoms with Gasteiger partial charge in [-0.25, -0.2) is 0 Å². The average molecular weight is 347 g/mol. The van der Waals surface area contributed by atoms with Crippen molar-refractivity contribution in [3.63, 3.8) is 0 Å². The molecule has 2 heterocycles. The molecule has 3 aromatic rings. The first kappa shape index (κ1) is 15.8. The molecule has 0 saturated carbocycles. The third-order valence-corrected chi connectivity index (χ3v) is 4.88. The van der Waals surface area contributed by atoms with Gasteiger partial charge in [-0.05, 0) is 31.0 Å². The van der Waals surface area contributed by atoms with E-state index >= 15 is 0 Å². The molecular formula is C16H15ClN4OS. The SMILES string of the molecule is C=CCCSc1nnc2c(=O)n(-c3cccc(Cl)c3C)ccn12. The van der Waals surface area contributed by atoms with Crippen molar-refractivity contribution >= 4 is 29.0 Å². The largest absolute Gasteiger partial charge is 0.300 e. The fourth-order valence-corrected chi connectivity index (χ4v) is 3.27. The number of aromatic nitrogens is 4. The van der Waals surface area contributed by atoms with Crippen molar-refractivity contribution in [1.82, 2.24) is 19.2 Å². The van der Waals surface area contributed by atoms with Crippen molar-refractivity contribution in [1.29, 1.82) is 0 Å². The Morgan fingerprint density at radius 2 is 2.17 bits per heavy atom. The van der Waals surface area contributed by atoms with E-state index in [-0.39, 0.29) is 5.56 Å².